The molecule has 2 amide bonds. The Bertz CT molecular complexity index is 1800. The molecule has 0 saturated heterocycles. The van der Waals surface area contributed by atoms with E-state index >= 15 is 0 Å². The molecule has 2 aliphatic heterocycles. The van der Waals surface area contributed by atoms with Gasteiger partial charge in [0.25, 0.3) is 11.8 Å². The molecule has 0 fully saturated rings. The van der Waals surface area contributed by atoms with Crippen LogP contribution in [0.25, 0.3) is 33.7 Å². The summed E-state index contributed by atoms with van der Waals surface area (Å²) in [5.41, 5.74) is 24.7. The van der Waals surface area contributed by atoms with Gasteiger partial charge in [-0.15, -0.1) is 0 Å². The molecule has 0 saturated carbocycles. The van der Waals surface area contributed by atoms with Gasteiger partial charge in [-0.25, -0.2) is 9.97 Å². The lowest BCUT2D eigenvalue weighted by atomic mass is 10.0. The fourth-order valence-corrected chi connectivity index (χ4v) is 4.55. The standard InChI is InChI=1S/C14H12N6O.C14H14N4O/c1-7-3-4-10-12(13(7)19-20-15)9(14(21)18-10)5-11-8(2)16-6-17-11;1-7-3-4-10-12(13(7)15)9(14(19)18-10)5-11-8(2)16-6-17-11/h3-6H,1-2H3,(H,16,17)(H,18,21);3-6H,15H2,1-2H3,(H,16,17)(H,18,19)/b2*9-5-. The summed E-state index contributed by atoms with van der Waals surface area (Å²) < 4.78 is 0. The zero-order valence-electron chi connectivity index (χ0n) is 22.2. The number of nitrogen functional groups attached to an aromatic ring is 1. The van der Waals surface area contributed by atoms with E-state index in [-0.39, 0.29) is 11.8 Å². The number of nitrogens with one attached hydrogen (secondary N) is 4. The average molecular weight is 535 g/mol. The van der Waals surface area contributed by atoms with Crippen molar-refractivity contribution in [2.24, 2.45) is 5.11 Å². The Labute approximate surface area is 229 Å². The maximum absolute atomic E-state index is 12.2. The van der Waals surface area contributed by atoms with Gasteiger partial charge in [0.05, 0.1) is 46.6 Å². The summed E-state index contributed by atoms with van der Waals surface area (Å²) in [6.45, 7) is 7.55. The zero-order chi connectivity index (χ0) is 28.6. The highest BCUT2D eigenvalue weighted by molar-refractivity contribution is 6.37. The van der Waals surface area contributed by atoms with Crippen molar-refractivity contribution >= 4 is 57.9 Å². The number of aromatic nitrogens is 4. The van der Waals surface area contributed by atoms with Crippen LogP contribution in [0.1, 0.15) is 45.0 Å². The van der Waals surface area contributed by atoms with E-state index in [0.29, 0.717) is 39.5 Å². The summed E-state index contributed by atoms with van der Waals surface area (Å²) in [5.74, 6) is -0.373. The number of imidazole rings is 2. The average Bonchev–Trinajstić information content (AvgIpc) is 3.68. The van der Waals surface area contributed by atoms with Crippen LogP contribution in [0.2, 0.25) is 0 Å². The van der Waals surface area contributed by atoms with Crippen LogP contribution in [-0.4, -0.2) is 31.8 Å². The summed E-state index contributed by atoms with van der Waals surface area (Å²) in [6.07, 6.45) is 6.64. The van der Waals surface area contributed by atoms with E-state index in [1.807, 2.05) is 45.9 Å². The number of carbonyl (C=O) groups excluding carboxylic acids is 2. The maximum Gasteiger partial charge on any atom is 0.256 e. The van der Waals surface area contributed by atoms with E-state index in [2.05, 4.69) is 40.6 Å². The van der Waals surface area contributed by atoms with Gasteiger partial charge >= 0.3 is 0 Å². The third kappa shape index (κ3) is 4.59. The molecule has 0 bridgehead atoms. The Balaban J connectivity index is 0.000000162. The summed E-state index contributed by atoms with van der Waals surface area (Å²) in [5, 5.41) is 9.33. The molecule has 12 heteroatoms. The van der Waals surface area contributed by atoms with Gasteiger partial charge in [0.15, 0.2) is 0 Å². The van der Waals surface area contributed by atoms with Crippen molar-refractivity contribution in [2.45, 2.75) is 27.7 Å². The van der Waals surface area contributed by atoms with E-state index in [1.165, 1.54) is 0 Å². The molecule has 0 atom stereocenters. The first-order valence-corrected chi connectivity index (χ1v) is 12.3. The topological polar surface area (TPSA) is 190 Å². The van der Waals surface area contributed by atoms with Crippen LogP contribution >= 0.6 is 0 Å². The number of hydrogen-bond acceptors (Lipinski definition) is 6. The predicted molar refractivity (Wildman–Crippen MR) is 155 cm³/mol. The van der Waals surface area contributed by atoms with Crippen molar-refractivity contribution in [3.8, 4) is 0 Å². The second-order valence-corrected chi connectivity index (χ2v) is 9.41. The Hall–Kier alpha value is -5.61. The lowest BCUT2D eigenvalue weighted by Gasteiger charge is -2.06. The van der Waals surface area contributed by atoms with Gasteiger partial charge in [-0.05, 0) is 68.6 Å². The van der Waals surface area contributed by atoms with Crippen LogP contribution in [0, 0.1) is 27.7 Å². The van der Waals surface area contributed by atoms with Crippen LogP contribution < -0.4 is 16.4 Å². The molecule has 2 aromatic carbocycles. The van der Waals surface area contributed by atoms with Crippen LogP contribution in [-0.2, 0) is 9.59 Å². The van der Waals surface area contributed by atoms with Gasteiger partial charge in [-0.2, -0.15) is 0 Å². The molecule has 6 N–H and O–H groups in total. The lowest BCUT2D eigenvalue weighted by Crippen LogP contribution is -2.03. The maximum atomic E-state index is 12.2. The van der Waals surface area contributed by atoms with Gasteiger partial charge in [0.1, 0.15) is 0 Å². The van der Waals surface area contributed by atoms with Crippen LogP contribution in [0.3, 0.4) is 0 Å². The van der Waals surface area contributed by atoms with Gasteiger partial charge < -0.3 is 26.3 Å². The highest BCUT2D eigenvalue weighted by Gasteiger charge is 2.28. The Morgan fingerprint density at radius 1 is 0.800 bits per heavy atom. The number of benzene rings is 2. The van der Waals surface area contributed by atoms with E-state index in [1.54, 1.807) is 30.9 Å². The van der Waals surface area contributed by atoms with Gasteiger partial charge in [-0.1, -0.05) is 17.2 Å². The number of anilines is 3. The Morgan fingerprint density at radius 2 is 1.30 bits per heavy atom. The molecule has 0 radical (unpaired) electrons. The Morgan fingerprint density at radius 3 is 1.80 bits per heavy atom. The van der Waals surface area contributed by atoms with Gasteiger partial charge in [-0.3, -0.25) is 9.59 Å². The van der Waals surface area contributed by atoms with Crippen molar-refractivity contribution in [1.29, 1.82) is 0 Å². The van der Waals surface area contributed by atoms with Crippen molar-refractivity contribution in [3.05, 3.63) is 92.4 Å². The molecule has 40 heavy (non-hydrogen) atoms. The fourth-order valence-electron chi connectivity index (χ4n) is 4.55. The first-order valence-electron chi connectivity index (χ1n) is 12.3. The highest BCUT2D eigenvalue weighted by Crippen LogP contribution is 2.42. The zero-order valence-corrected chi connectivity index (χ0v) is 22.2. The van der Waals surface area contributed by atoms with E-state index in [9.17, 15) is 9.59 Å². The number of aromatic amines is 2. The van der Waals surface area contributed by atoms with Crippen LogP contribution in [0.4, 0.5) is 22.7 Å². The smallest absolute Gasteiger partial charge is 0.256 e. The molecule has 2 aliphatic rings. The number of azide groups is 1. The second kappa shape index (κ2) is 10.3. The first-order chi connectivity index (χ1) is 19.2. The molecule has 4 heterocycles. The number of rotatable bonds is 3. The number of fused-ring (bicyclic) bond motifs is 2. The molecular formula is C28H26N10O2. The largest absolute Gasteiger partial charge is 0.398 e. The number of carbonyl (C=O) groups is 2. The normalized spacial score (nSPS) is 15.2. The summed E-state index contributed by atoms with van der Waals surface area (Å²) in [6, 6.07) is 7.39. The van der Waals surface area contributed by atoms with Gasteiger partial charge in [0.2, 0.25) is 0 Å². The molecule has 12 nitrogen and oxygen atoms in total. The predicted octanol–water partition coefficient (Wildman–Crippen LogP) is 5.56. The monoisotopic (exact) mass is 534 g/mol. The molecule has 0 spiro atoms. The second-order valence-electron chi connectivity index (χ2n) is 9.41. The highest BCUT2D eigenvalue weighted by atomic mass is 16.2. The van der Waals surface area contributed by atoms with Crippen LogP contribution in [0.5, 0.6) is 0 Å². The number of aryl methyl sites for hydroxylation is 4. The summed E-state index contributed by atoms with van der Waals surface area (Å²) in [7, 11) is 0. The first kappa shape index (κ1) is 26.0. The van der Waals surface area contributed by atoms with Crippen molar-refractivity contribution < 1.29 is 9.59 Å². The van der Waals surface area contributed by atoms with E-state index in [4.69, 9.17) is 11.3 Å². The number of hydrogen-bond donors (Lipinski definition) is 5. The number of H-pyrrole nitrogens is 2. The number of nitrogens with zero attached hydrogens (tertiary/aromatic N) is 5. The Kier molecular flexibility index (Phi) is 6.68. The van der Waals surface area contributed by atoms with Crippen molar-refractivity contribution in [1.82, 2.24) is 19.9 Å². The number of nitrogens with two attached hydrogens (primary N) is 1. The third-order valence-electron chi connectivity index (χ3n) is 6.81. The van der Waals surface area contributed by atoms with E-state index in [0.717, 1.165) is 39.5 Å². The molecule has 6 rings (SSSR count). The fraction of sp³-hybridized carbons (Fsp3) is 0.143. The third-order valence-corrected chi connectivity index (χ3v) is 6.81. The quantitative estimate of drug-likeness (QED) is 0.0754. The minimum absolute atomic E-state index is 0.144. The lowest BCUT2D eigenvalue weighted by molar-refractivity contribution is -0.111. The minimum Gasteiger partial charge on any atom is -0.398 e. The van der Waals surface area contributed by atoms with E-state index < -0.39 is 0 Å². The molecule has 2 aromatic heterocycles. The van der Waals surface area contributed by atoms with Gasteiger partial charge in [0, 0.05) is 38.8 Å². The summed E-state index contributed by atoms with van der Waals surface area (Å²) >= 11 is 0. The molecule has 4 aromatic rings. The molecule has 200 valence electrons. The SMILES string of the molecule is Cc1ccc2c(c1N)/C(=C/c1nc[nH]c1C)C(=O)N2.Cc1ccc2c(c1N=[N+]=[N-])/C(=C/c1nc[nH]c1C)C(=O)N2. The molecule has 0 aliphatic carbocycles. The summed E-state index contributed by atoms with van der Waals surface area (Å²) in [4.78, 5) is 41.4. The van der Waals surface area contributed by atoms with Crippen molar-refractivity contribution in [2.75, 3.05) is 16.4 Å². The van der Waals surface area contributed by atoms with Crippen LogP contribution in [0.15, 0.2) is 42.0 Å². The molecular weight excluding hydrogens is 508 g/mol. The van der Waals surface area contributed by atoms with Crippen molar-refractivity contribution in [3.63, 3.8) is 0 Å². The molecule has 0 unspecified atom stereocenters. The minimum atomic E-state index is -0.229. The number of amides is 2.